The van der Waals surface area contributed by atoms with Crippen LogP contribution in [0.2, 0.25) is 0 Å². The average Bonchev–Trinajstić information content (AvgIpc) is 2.93. The molecule has 12 rings (SSSR count). The van der Waals surface area contributed by atoms with Gasteiger partial charge in [-0.05, 0) is 32.7 Å². The zero-order valence-electron chi connectivity index (χ0n) is 20.5. The van der Waals surface area contributed by atoms with Crippen LogP contribution in [0.4, 0.5) is 0 Å². The predicted octanol–water partition coefficient (Wildman–Crippen LogP) is 0.359. The summed E-state index contributed by atoms with van der Waals surface area (Å²) in [6, 6.07) is 41.4. The van der Waals surface area contributed by atoms with Gasteiger partial charge in [0.2, 0.25) is 12.1 Å². The third-order valence-electron chi connectivity index (χ3n) is 8.98. The first-order valence-electron chi connectivity index (χ1n) is 12.9. The molecule has 7 heterocycles. The molecule has 38 heavy (non-hydrogen) atoms. The van der Waals surface area contributed by atoms with Crippen LogP contribution in [0.15, 0.2) is 122 Å². The van der Waals surface area contributed by atoms with Crippen LogP contribution in [0, 0.1) is 0 Å². The van der Waals surface area contributed by atoms with Crippen LogP contribution in [-0.4, -0.2) is 0 Å². The molecule has 4 bridgehead atoms. The van der Waals surface area contributed by atoms with Crippen molar-refractivity contribution in [1.29, 1.82) is 0 Å². The van der Waals surface area contributed by atoms with Gasteiger partial charge in [-0.25, -0.2) is 0 Å². The summed E-state index contributed by atoms with van der Waals surface area (Å²) in [5, 5.41) is 5.46. The first kappa shape index (κ1) is 23.8. The van der Waals surface area contributed by atoms with Crippen LogP contribution < -0.4 is 43.1 Å². The summed E-state index contributed by atoms with van der Waals surface area (Å²) in [6.45, 7) is 0. The number of halogens is 2. The molecule has 0 amide bonds. The molecule has 1 aliphatic carbocycles. The fourth-order valence-electron chi connectivity index (χ4n) is 7.72. The van der Waals surface area contributed by atoms with E-state index < -0.39 is 0 Å². The molecular weight excluding hydrogens is 596 g/mol. The van der Waals surface area contributed by atoms with Crippen molar-refractivity contribution in [2.45, 2.75) is 23.9 Å². The number of hydrogen-bond acceptors (Lipinski definition) is 0. The van der Waals surface area contributed by atoms with E-state index in [0.717, 1.165) is 0 Å². The summed E-state index contributed by atoms with van der Waals surface area (Å²) in [5.74, 6) is 0.437. The quantitative estimate of drug-likeness (QED) is 0.217. The predicted molar refractivity (Wildman–Crippen MR) is 141 cm³/mol. The van der Waals surface area contributed by atoms with Crippen molar-refractivity contribution in [3.05, 3.63) is 155 Å². The van der Waals surface area contributed by atoms with E-state index in [2.05, 4.69) is 131 Å². The van der Waals surface area contributed by atoms with Gasteiger partial charge in [-0.2, -0.15) is 9.13 Å². The largest absolute Gasteiger partial charge is 1.00 e. The highest BCUT2D eigenvalue weighted by Gasteiger charge is 2.59. The smallest absolute Gasteiger partial charge is 0.200 e. The standard InChI is InChI=1S/C34H24N2.2BrH/c1-3-11-23-21(9-1)15-17-25-29(23)31-27-13-5-7-19-35(27)33(25)32-28-14-6-8-20-36(28)34(31)26-18-16-22-10-2-4-12-24(22)30(26)32;;/h1-20,31-34H;2*1H/q+2;;/p-2/t31-,32+,33+,34-;;. The SMILES string of the molecule is [Br-].[Br-].c1cc[n+]2c(c1)[C@H]1c3c(ccc4ccccc34)[C@@H]2[C@H]2c3c(ccc4ccccc34)[C@@H]1[n+]1ccccc12. The highest BCUT2D eigenvalue weighted by molar-refractivity contribution is 5.91. The fraction of sp³-hybridized carbons (Fsp3) is 0.118. The van der Waals surface area contributed by atoms with Gasteiger partial charge < -0.3 is 34.0 Å². The number of fused-ring (bicyclic) bond motifs is 2. The number of nitrogens with zero attached hydrogens (tertiary/aromatic N) is 2. The summed E-state index contributed by atoms with van der Waals surface area (Å²) < 4.78 is 5.20. The van der Waals surface area contributed by atoms with E-state index in [1.165, 1.54) is 55.2 Å². The Labute approximate surface area is 242 Å². The minimum Gasteiger partial charge on any atom is -1.00 e. The number of rotatable bonds is 0. The van der Waals surface area contributed by atoms with Crippen LogP contribution in [0.3, 0.4) is 0 Å². The molecule has 0 spiro atoms. The highest BCUT2D eigenvalue weighted by atomic mass is 79.9. The Balaban J connectivity index is 0.00000121. The van der Waals surface area contributed by atoms with Gasteiger partial charge in [-0.15, -0.1) is 0 Å². The number of aromatic nitrogens is 2. The van der Waals surface area contributed by atoms with Gasteiger partial charge in [0.05, 0.1) is 0 Å². The van der Waals surface area contributed by atoms with Crippen molar-refractivity contribution < 1.29 is 43.1 Å². The number of hydrogen-bond donors (Lipinski definition) is 0. The van der Waals surface area contributed by atoms with Crippen molar-refractivity contribution in [3.8, 4) is 0 Å². The maximum atomic E-state index is 2.60. The van der Waals surface area contributed by atoms with E-state index in [0.29, 0.717) is 0 Å². The fourth-order valence-corrected chi connectivity index (χ4v) is 7.72. The maximum Gasteiger partial charge on any atom is 0.200 e. The lowest BCUT2D eigenvalue weighted by molar-refractivity contribution is -0.769. The van der Waals surface area contributed by atoms with Crippen molar-refractivity contribution in [1.82, 2.24) is 0 Å². The second kappa shape index (κ2) is 8.59. The van der Waals surface area contributed by atoms with Crippen molar-refractivity contribution in [2.75, 3.05) is 0 Å². The zero-order chi connectivity index (χ0) is 23.4. The first-order valence-corrected chi connectivity index (χ1v) is 12.9. The topological polar surface area (TPSA) is 7.76 Å². The molecule has 5 aliphatic heterocycles. The first-order chi connectivity index (χ1) is 17.9. The Morgan fingerprint density at radius 3 is 1.32 bits per heavy atom. The second-order valence-electron chi connectivity index (χ2n) is 10.5. The molecule has 0 N–H and O–H groups in total. The van der Waals surface area contributed by atoms with E-state index in [1.807, 2.05) is 0 Å². The summed E-state index contributed by atoms with van der Waals surface area (Å²) in [6.07, 6.45) is 4.65. The zero-order valence-corrected chi connectivity index (χ0v) is 23.7. The molecule has 0 saturated carbocycles. The molecule has 4 aromatic carbocycles. The molecule has 6 aliphatic rings. The Morgan fingerprint density at radius 2 is 0.842 bits per heavy atom. The molecule has 0 fully saturated rings. The number of pyridine rings is 2. The molecule has 4 heteroatoms. The van der Waals surface area contributed by atoms with Gasteiger partial charge in [0.25, 0.3) is 0 Å². The molecule has 2 nitrogen and oxygen atoms in total. The van der Waals surface area contributed by atoms with Gasteiger partial charge in [0.1, 0.15) is 11.8 Å². The Morgan fingerprint density at radius 1 is 0.421 bits per heavy atom. The van der Waals surface area contributed by atoms with Crippen molar-refractivity contribution >= 4 is 21.5 Å². The third-order valence-corrected chi connectivity index (χ3v) is 8.98. The molecule has 184 valence electrons. The van der Waals surface area contributed by atoms with Gasteiger partial charge in [0.15, 0.2) is 23.8 Å². The van der Waals surface area contributed by atoms with Crippen LogP contribution in [0.1, 0.15) is 57.6 Å². The van der Waals surface area contributed by atoms with Gasteiger partial charge in [-0.3, -0.25) is 0 Å². The molecule has 0 radical (unpaired) electrons. The lowest BCUT2D eigenvalue weighted by atomic mass is 9.64. The maximum absolute atomic E-state index is 2.60. The van der Waals surface area contributed by atoms with E-state index in [9.17, 15) is 0 Å². The van der Waals surface area contributed by atoms with E-state index in [-0.39, 0.29) is 57.9 Å². The highest BCUT2D eigenvalue weighted by Crippen LogP contribution is 2.56. The Hall–Kier alpha value is -3.34. The van der Waals surface area contributed by atoms with Crippen molar-refractivity contribution in [3.63, 3.8) is 0 Å². The normalized spacial score (nSPS) is 21.3. The van der Waals surface area contributed by atoms with Crippen LogP contribution in [0.25, 0.3) is 21.5 Å². The molecule has 2 aromatic heterocycles. The molecular formula is C34H24Br2N2. The van der Waals surface area contributed by atoms with E-state index in [4.69, 9.17) is 0 Å². The summed E-state index contributed by atoms with van der Waals surface area (Å²) in [4.78, 5) is 0. The second-order valence-corrected chi connectivity index (χ2v) is 10.5. The average molecular weight is 620 g/mol. The summed E-state index contributed by atoms with van der Waals surface area (Å²) in [7, 11) is 0. The van der Waals surface area contributed by atoms with E-state index >= 15 is 0 Å². The molecule has 0 saturated heterocycles. The van der Waals surface area contributed by atoms with Gasteiger partial charge in [0, 0.05) is 35.4 Å². The van der Waals surface area contributed by atoms with Gasteiger partial charge in [-0.1, -0.05) is 84.9 Å². The molecule has 4 atom stereocenters. The lowest BCUT2D eigenvalue weighted by Gasteiger charge is -2.42. The Bertz CT molecular complexity index is 1760. The van der Waals surface area contributed by atoms with Crippen LogP contribution >= 0.6 is 0 Å². The minimum atomic E-state index is 0. The summed E-state index contributed by atoms with van der Waals surface area (Å²) >= 11 is 0. The lowest BCUT2D eigenvalue weighted by Crippen LogP contribution is -3.00. The van der Waals surface area contributed by atoms with E-state index in [1.54, 1.807) is 0 Å². The Kier molecular flexibility index (Phi) is 5.37. The summed E-state index contributed by atoms with van der Waals surface area (Å²) in [5.41, 5.74) is 8.82. The van der Waals surface area contributed by atoms with Crippen LogP contribution in [-0.2, 0) is 0 Å². The minimum absolute atomic E-state index is 0. The molecule has 0 unspecified atom stereocenters. The monoisotopic (exact) mass is 618 g/mol. The van der Waals surface area contributed by atoms with Crippen molar-refractivity contribution in [2.24, 2.45) is 0 Å². The number of benzene rings is 4. The van der Waals surface area contributed by atoms with Gasteiger partial charge >= 0.3 is 0 Å². The van der Waals surface area contributed by atoms with Crippen LogP contribution in [0.5, 0.6) is 0 Å². The molecule has 6 aromatic rings. The third kappa shape index (κ3) is 2.88.